The van der Waals surface area contributed by atoms with E-state index in [9.17, 15) is 4.79 Å². The third-order valence-corrected chi connectivity index (χ3v) is 3.09. The maximum atomic E-state index is 11.5. The van der Waals surface area contributed by atoms with Crippen LogP contribution in [0, 0.1) is 0 Å². The molecule has 0 atom stereocenters. The van der Waals surface area contributed by atoms with E-state index < -0.39 is 5.91 Å². The number of hydrogen-bond donors (Lipinski definition) is 3. The molecule has 0 saturated heterocycles. The summed E-state index contributed by atoms with van der Waals surface area (Å²) in [5.74, 6) is 0.872. The SMILES string of the molecule is NC(=O)c1cnc(NCc2ccco2)nc1Nc1ccccc1. The Hall–Kier alpha value is -3.35. The molecule has 7 heteroatoms. The van der Waals surface area contributed by atoms with Crippen LogP contribution in [0.4, 0.5) is 17.5 Å². The number of carbonyl (C=O) groups excluding carboxylic acids is 1. The van der Waals surface area contributed by atoms with Gasteiger partial charge >= 0.3 is 0 Å². The molecule has 0 aliphatic heterocycles. The average Bonchev–Trinajstić information content (AvgIpc) is 3.07. The number of furan rings is 1. The molecule has 0 aliphatic carbocycles. The number of benzene rings is 1. The number of nitrogens with one attached hydrogen (secondary N) is 2. The topological polar surface area (TPSA) is 106 Å². The second-order valence-corrected chi connectivity index (χ2v) is 4.74. The normalized spacial score (nSPS) is 10.3. The lowest BCUT2D eigenvalue weighted by Crippen LogP contribution is -2.16. The molecule has 0 radical (unpaired) electrons. The van der Waals surface area contributed by atoms with Crippen molar-refractivity contribution in [1.82, 2.24) is 9.97 Å². The molecular formula is C16H15N5O2. The number of anilines is 3. The van der Waals surface area contributed by atoms with Crippen LogP contribution in [0.5, 0.6) is 0 Å². The van der Waals surface area contributed by atoms with Gasteiger partial charge in [-0.2, -0.15) is 4.98 Å². The number of amides is 1. The molecule has 3 rings (SSSR count). The van der Waals surface area contributed by atoms with Crippen molar-refractivity contribution in [2.24, 2.45) is 5.73 Å². The Labute approximate surface area is 132 Å². The van der Waals surface area contributed by atoms with Crippen LogP contribution in [0.1, 0.15) is 16.1 Å². The molecule has 0 saturated carbocycles. The third kappa shape index (κ3) is 3.65. The molecule has 4 N–H and O–H groups in total. The standard InChI is InChI=1S/C16H15N5O2/c17-14(22)13-10-19-16(18-9-12-7-4-8-23-12)21-15(13)20-11-5-2-1-3-6-11/h1-8,10H,9H2,(H2,17,22)(H2,18,19,20,21). The van der Waals surface area contributed by atoms with E-state index in [1.54, 1.807) is 12.3 Å². The fourth-order valence-corrected chi connectivity index (χ4v) is 1.98. The van der Waals surface area contributed by atoms with Crippen molar-refractivity contribution >= 4 is 23.4 Å². The van der Waals surface area contributed by atoms with E-state index in [0.29, 0.717) is 18.3 Å². The zero-order valence-electron chi connectivity index (χ0n) is 12.2. The van der Waals surface area contributed by atoms with E-state index in [0.717, 1.165) is 11.4 Å². The van der Waals surface area contributed by atoms with Gasteiger partial charge in [0.25, 0.3) is 5.91 Å². The van der Waals surface area contributed by atoms with E-state index in [1.807, 2.05) is 36.4 Å². The third-order valence-electron chi connectivity index (χ3n) is 3.09. The molecule has 116 valence electrons. The lowest BCUT2D eigenvalue weighted by Gasteiger charge is -2.11. The Kier molecular flexibility index (Phi) is 4.19. The van der Waals surface area contributed by atoms with Gasteiger partial charge in [0.15, 0.2) is 0 Å². The van der Waals surface area contributed by atoms with Gasteiger partial charge in [-0.3, -0.25) is 4.79 Å². The minimum Gasteiger partial charge on any atom is -0.467 e. The summed E-state index contributed by atoms with van der Waals surface area (Å²) in [6.45, 7) is 0.438. The van der Waals surface area contributed by atoms with E-state index in [2.05, 4.69) is 20.6 Å². The smallest absolute Gasteiger partial charge is 0.254 e. The van der Waals surface area contributed by atoms with E-state index in [1.165, 1.54) is 6.20 Å². The van der Waals surface area contributed by atoms with Crippen molar-refractivity contribution in [3.8, 4) is 0 Å². The molecule has 0 aliphatic rings. The zero-order chi connectivity index (χ0) is 16.1. The van der Waals surface area contributed by atoms with Crippen LogP contribution in [-0.4, -0.2) is 15.9 Å². The van der Waals surface area contributed by atoms with Gasteiger partial charge in [0, 0.05) is 11.9 Å². The highest BCUT2D eigenvalue weighted by Crippen LogP contribution is 2.19. The first-order chi connectivity index (χ1) is 11.2. The second kappa shape index (κ2) is 6.61. The first-order valence-electron chi connectivity index (χ1n) is 6.97. The molecule has 2 aromatic heterocycles. The van der Waals surface area contributed by atoms with Crippen molar-refractivity contribution in [2.45, 2.75) is 6.54 Å². The van der Waals surface area contributed by atoms with Gasteiger partial charge in [-0.15, -0.1) is 0 Å². The number of aromatic nitrogens is 2. The summed E-state index contributed by atoms with van der Waals surface area (Å²) < 4.78 is 5.24. The van der Waals surface area contributed by atoms with Gasteiger partial charge < -0.3 is 20.8 Å². The van der Waals surface area contributed by atoms with Crippen LogP contribution in [0.3, 0.4) is 0 Å². The largest absolute Gasteiger partial charge is 0.467 e. The summed E-state index contributed by atoms with van der Waals surface area (Å²) in [6, 6.07) is 13.0. The fraction of sp³-hybridized carbons (Fsp3) is 0.0625. The van der Waals surface area contributed by atoms with Gasteiger partial charge in [0.2, 0.25) is 5.95 Å². The Balaban J connectivity index is 1.82. The van der Waals surface area contributed by atoms with E-state index >= 15 is 0 Å². The van der Waals surface area contributed by atoms with Crippen molar-refractivity contribution in [1.29, 1.82) is 0 Å². The van der Waals surface area contributed by atoms with Gasteiger partial charge in [0.1, 0.15) is 17.1 Å². The Morgan fingerprint density at radius 3 is 2.70 bits per heavy atom. The second-order valence-electron chi connectivity index (χ2n) is 4.74. The van der Waals surface area contributed by atoms with Gasteiger partial charge in [-0.05, 0) is 24.3 Å². The summed E-state index contributed by atoms with van der Waals surface area (Å²) >= 11 is 0. The van der Waals surface area contributed by atoms with Crippen LogP contribution in [-0.2, 0) is 6.54 Å². The molecule has 0 fully saturated rings. The summed E-state index contributed by atoms with van der Waals surface area (Å²) in [7, 11) is 0. The molecule has 0 bridgehead atoms. The molecule has 0 spiro atoms. The average molecular weight is 309 g/mol. The molecule has 1 amide bonds. The van der Waals surface area contributed by atoms with Crippen LogP contribution in [0.15, 0.2) is 59.3 Å². The van der Waals surface area contributed by atoms with Crippen LogP contribution in [0.2, 0.25) is 0 Å². The molecule has 7 nitrogen and oxygen atoms in total. The predicted octanol–water partition coefficient (Wildman–Crippen LogP) is 2.52. The molecular weight excluding hydrogens is 294 g/mol. The van der Waals surface area contributed by atoms with E-state index in [-0.39, 0.29) is 5.56 Å². The maximum absolute atomic E-state index is 11.5. The minimum atomic E-state index is -0.596. The number of para-hydroxylation sites is 1. The summed E-state index contributed by atoms with van der Waals surface area (Å²) in [5, 5.41) is 6.10. The molecule has 2 heterocycles. The predicted molar refractivity (Wildman–Crippen MR) is 86.3 cm³/mol. The van der Waals surface area contributed by atoms with Crippen molar-refractivity contribution in [3.63, 3.8) is 0 Å². The monoisotopic (exact) mass is 309 g/mol. The number of hydrogen-bond acceptors (Lipinski definition) is 6. The number of carbonyl (C=O) groups is 1. The molecule has 23 heavy (non-hydrogen) atoms. The number of rotatable bonds is 6. The molecule has 0 unspecified atom stereocenters. The quantitative estimate of drug-likeness (QED) is 0.646. The maximum Gasteiger partial charge on any atom is 0.254 e. The number of primary amides is 1. The lowest BCUT2D eigenvalue weighted by molar-refractivity contribution is 0.100. The molecule has 1 aromatic carbocycles. The number of nitrogens with zero attached hydrogens (tertiary/aromatic N) is 2. The van der Waals surface area contributed by atoms with Gasteiger partial charge in [-0.1, -0.05) is 18.2 Å². The number of nitrogens with two attached hydrogens (primary N) is 1. The Morgan fingerprint density at radius 1 is 1.17 bits per heavy atom. The minimum absolute atomic E-state index is 0.220. The molecule has 3 aromatic rings. The first-order valence-corrected chi connectivity index (χ1v) is 6.97. The fourth-order valence-electron chi connectivity index (χ4n) is 1.98. The van der Waals surface area contributed by atoms with Crippen LogP contribution in [0.25, 0.3) is 0 Å². The van der Waals surface area contributed by atoms with Crippen molar-refractivity contribution < 1.29 is 9.21 Å². The van der Waals surface area contributed by atoms with Crippen LogP contribution < -0.4 is 16.4 Å². The zero-order valence-corrected chi connectivity index (χ0v) is 12.2. The highest BCUT2D eigenvalue weighted by Gasteiger charge is 2.12. The van der Waals surface area contributed by atoms with Crippen molar-refractivity contribution in [2.75, 3.05) is 10.6 Å². The van der Waals surface area contributed by atoms with E-state index in [4.69, 9.17) is 10.2 Å². The lowest BCUT2D eigenvalue weighted by atomic mass is 10.2. The Bertz CT molecular complexity index is 787. The summed E-state index contributed by atoms with van der Waals surface area (Å²) in [6.07, 6.45) is 2.99. The highest BCUT2D eigenvalue weighted by molar-refractivity contribution is 5.98. The van der Waals surface area contributed by atoms with Crippen LogP contribution >= 0.6 is 0 Å². The summed E-state index contributed by atoms with van der Waals surface area (Å²) in [4.78, 5) is 19.9. The van der Waals surface area contributed by atoms with Gasteiger partial charge in [0.05, 0.1) is 12.8 Å². The van der Waals surface area contributed by atoms with Crippen molar-refractivity contribution in [3.05, 3.63) is 66.2 Å². The van der Waals surface area contributed by atoms with Gasteiger partial charge in [-0.25, -0.2) is 4.98 Å². The first kappa shape index (κ1) is 14.6. The Morgan fingerprint density at radius 2 is 2.00 bits per heavy atom. The highest BCUT2D eigenvalue weighted by atomic mass is 16.3. The summed E-state index contributed by atoms with van der Waals surface area (Å²) in [5.41, 5.74) is 6.39.